The lowest BCUT2D eigenvalue weighted by molar-refractivity contribution is -0.385. The number of aliphatic hydroxyl groups is 2. The number of benzene rings is 2. The highest BCUT2D eigenvalue weighted by Gasteiger charge is 2.33. The van der Waals surface area contributed by atoms with Gasteiger partial charge < -0.3 is 80.4 Å². The Balaban J connectivity index is 1.91. The lowest BCUT2D eigenvalue weighted by Gasteiger charge is -2.26. The number of aromatic hydroxyl groups is 1. The van der Waals surface area contributed by atoms with Crippen LogP contribution >= 0.6 is 0 Å². The van der Waals surface area contributed by atoms with Crippen LogP contribution in [0.1, 0.15) is 89.6 Å². The summed E-state index contributed by atoms with van der Waals surface area (Å²) in [5, 5.41) is 62.8. The average Bonchev–Trinajstić information content (AvgIpc) is 3.35. The fourth-order valence-electron chi connectivity index (χ4n) is 7.14. The first kappa shape index (κ1) is 64.1. The van der Waals surface area contributed by atoms with Crippen molar-refractivity contribution in [3.63, 3.8) is 0 Å². The first-order valence-electron chi connectivity index (χ1n) is 24.5. The number of aliphatic hydroxyl groups excluding tert-OH is 2. The maximum atomic E-state index is 13.4. The highest BCUT2D eigenvalue weighted by atomic mass is 16.6. The predicted molar refractivity (Wildman–Crippen MR) is 274 cm³/mol. The molecule has 0 spiro atoms. The number of para-hydroxylation sites is 1. The number of hydrogen-bond donors (Lipinski definition) is 15. The van der Waals surface area contributed by atoms with Crippen molar-refractivity contribution in [2.45, 2.75) is 128 Å². The Kier molecular flexibility index (Phi) is 26.7. The van der Waals surface area contributed by atoms with Crippen molar-refractivity contribution in [2.24, 2.45) is 23.3 Å². The summed E-state index contributed by atoms with van der Waals surface area (Å²) in [5.41, 5.74) is 17.7. The largest absolute Gasteiger partial charge is 0.502 e. The maximum Gasteiger partial charge on any atom is 0.310 e. The number of primary amides is 1. The zero-order chi connectivity index (χ0) is 57.4. The van der Waals surface area contributed by atoms with Gasteiger partial charge in [-0.25, -0.2) is 0 Å². The molecule has 2 rings (SSSR count). The Morgan fingerprint density at radius 3 is 1.74 bits per heavy atom. The number of nitrogens with zero attached hydrogens (tertiary/aromatic N) is 1. The van der Waals surface area contributed by atoms with Crippen LogP contribution in [0.15, 0.2) is 42.5 Å². The van der Waals surface area contributed by atoms with Gasteiger partial charge in [0.15, 0.2) is 5.75 Å². The standard InChI is InChI=1S/C48H73N13O15/c1-24(2)19-33(45(71)56-32(40(51)66)13-9-10-17-52-43(69)29-11-7-8-12-30(29)49)57-46(72)35(23-63)59-47(73)34(22-62)58-42(68)27(6)54-41(67)26(5)55-48(74)39(25(3)4)60-38(65)16-18-53-44(70)31(50)20-28-14-15-37(64)36(21-28)61(75)76/h7-8,11-12,14-15,21,24-27,31-35,39,62-64H,9-10,13,16-20,22-23,49-50H2,1-6H3,(H2,51,66)(H,52,69)(H,53,70)(H,54,67)(H,55,74)(H,56,71)(H,57,72)(H,58,68)(H,59,73)(H,60,65)/t26-,27-,31-,32-,33-,34-,35-,39-/m0/s1. The van der Waals surface area contributed by atoms with Gasteiger partial charge >= 0.3 is 5.69 Å². The molecule has 0 saturated carbocycles. The highest BCUT2D eigenvalue weighted by Crippen LogP contribution is 2.26. The molecule has 0 aliphatic rings. The molecular weight excluding hydrogens is 999 g/mol. The average molecular weight is 1070 g/mol. The van der Waals surface area contributed by atoms with Crippen LogP contribution < -0.4 is 65.1 Å². The summed E-state index contributed by atoms with van der Waals surface area (Å²) in [5.74, 6) is -9.41. The second-order valence-electron chi connectivity index (χ2n) is 18.7. The van der Waals surface area contributed by atoms with Crippen molar-refractivity contribution in [1.29, 1.82) is 0 Å². The molecule has 10 amide bonds. The maximum absolute atomic E-state index is 13.4. The number of nitrogen functional groups attached to an aromatic ring is 1. The van der Waals surface area contributed by atoms with Crippen molar-refractivity contribution in [2.75, 3.05) is 32.0 Å². The Labute approximate surface area is 438 Å². The number of anilines is 1. The number of nitro groups is 1. The van der Waals surface area contributed by atoms with Crippen LogP contribution in [0.3, 0.4) is 0 Å². The van der Waals surface area contributed by atoms with Gasteiger partial charge in [-0.15, -0.1) is 0 Å². The number of phenols is 1. The quantitative estimate of drug-likeness (QED) is 0.0146. The van der Waals surface area contributed by atoms with E-state index in [2.05, 4.69) is 47.9 Å². The molecule has 0 bridgehead atoms. The third-order valence-electron chi connectivity index (χ3n) is 11.5. The summed E-state index contributed by atoms with van der Waals surface area (Å²) in [7, 11) is 0. The summed E-state index contributed by atoms with van der Waals surface area (Å²) in [6, 6.07) is -0.787. The van der Waals surface area contributed by atoms with Crippen LogP contribution in [0.25, 0.3) is 0 Å². The minimum absolute atomic E-state index is 0.0471. The normalized spacial score (nSPS) is 14.2. The molecule has 76 heavy (non-hydrogen) atoms. The third kappa shape index (κ3) is 21.5. The lowest BCUT2D eigenvalue weighted by atomic mass is 10.0. The van der Waals surface area contributed by atoms with E-state index >= 15 is 0 Å². The number of phenolic OH excluding ortho intramolecular Hbond substituents is 1. The molecular formula is C48H73N13O15. The summed E-state index contributed by atoms with van der Waals surface area (Å²) in [4.78, 5) is 140. The Bertz CT molecular complexity index is 2390. The molecule has 28 heteroatoms. The number of nitrogens with one attached hydrogen (secondary N) is 9. The van der Waals surface area contributed by atoms with Crippen LogP contribution in [-0.2, 0) is 49.6 Å². The number of carbonyl (C=O) groups excluding carboxylic acids is 10. The van der Waals surface area contributed by atoms with Crippen LogP contribution in [0.2, 0.25) is 0 Å². The molecule has 28 nitrogen and oxygen atoms in total. The fourth-order valence-corrected chi connectivity index (χ4v) is 7.14. The number of amides is 10. The van der Waals surface area contributed by atoms with Gasteiger partial charge in [-0.2, -0.15) is 0 Å². The zero-order valence-electron chi connectivity index (χ0n) is 43.3. The van der Waals surface area contributed by atoms with E-state index in [9.17, 15) is 73.4 Å². The number of unbranched alkanes of at least 4 members (excludes halogenated alkanes) is 1. The van der Waals surface area contributed by atoms with E-state index in [-0.39, 0.29) is 50.6 Å². The Hall–Kier alpha value is -7.98. The summed E-state index contributed by atoms with van der Waals surface area (Å²) in [6.45, 7) is 7.28. The molecule has 0 radical (unpaired) electrons. The van der Waals surface area contributed by atoms with Crippen LogP contribution in [-0.4, -0.2) is 154 Å². The first-order valence-corrected chi connectivity index (χ1v) is 24.5. The predicted octanol–water partition coefficient (Wildman–Crippen LogP) is -3.54. The lowest BCUT2D eigenvalue weighted by Crippen LogP contribution is -2.61. The molecule has 420 valence electrons. The van der Waals surface area contributed by atoms with Gasteiger partial charge in [0.05, 0.1) is 29.7 Å². The van der Waals surface area contributed by atoms with Gasteiger partial charge in [0, 0.05) is 31.3 Å². The first-order chi connectivity index (χ1) is 35.7. The zero-order valence-corrected chi connectivity index (χ0v) is 43.3. The Morgan fingerprint density at radius 2 is 1.18 bits per heavy atom. The fraction of sp³-hybridized carbons (Fsp3) is 0.542. The molecule has 18 N–H and O–H groups in total. The van der Waals surface area contributed by atoms with Gasteiger partial charge in [0.2, 0.25) is 53.2 Å². The van der Waals surface area contributed by atoms with E-state index in [1.54, 1.807) is 52.0 Å². The van der Waals surface area contributed by atoms with Crippen molar-refractivity contribution in [1.82, 2.24) is 47.9 Å². The monoisotopic (exact) mass is 1070 g/mol. The molecule has 2 aromatic rings. The molecule has 0 fully saturated rings. The minimum Gasteiger partial charge on any atom is -0.502 e. The summed E-state index contributed by atoms with van der Waals surface area (Å²) < 4.78 is 0. The second-order valence-corrected chi connectivity index (χ2v) is 18.7. The van der Waals surface area contributed by atoms with Gasteiger partial charge in [-0.1, -0.05) is 45.9 Å². The SMILES string of the molecule is CC(C)C[C@H](NC(=O)[C@H](CO)NC(=O)[C@H](CO)NC(=O)[C@H](C)NC(=O)[C@H](C)NC(=O)[C@@H](NC(=O)CCNC(=O)[C@@H](N)Cc1ccc(O)c([N+](=O)[O-])c1)C(C)C)C(=O)N[C@@H](CCCCNC(=O)c1ccccc1N)C(N)=O. The van der Waals surface area contributed by atoms with Crippen LogP contribution in [0.4, 0.5) is 11.4 Å². The topological polar surface area (TPSA) is 461 Å². The summed E-state index contributed by atoms with van der Waals surface area (Å²) in [6.07, 6.45) is 0.493. The number of nitrogens with two attached hydrogens (primary N) is 3. The highest BCUT2D eigenvalue weighted by molar-refractivity contribution is 5.99. The molecule has 8 atom stereocenters. The minimum atomic E-state index is -1.72. The van der Waals surface area contributed by atoms with E-state index in [0.717, 1.165) is 12.1 Å². The molecule has 0 saturated heterocycles. The summed E-state index contributed by atoms with van der Waals surface area (Å²) >= 11 is 0. The van der Waals surface area contributed by atoms with Gasteiger partial charge in [-0.3, -0.25) is 58.1 Å². The van der Waals surface area contributed by atoms with E-state index in [4.69, 9.17) is 17.2 Å². The van der Waals surface area contributed by atoms with Gasteiger partial charge in [-0.05, 0) is 81.5 Å². The van der Waals surface area contributed by atoms with Crippen molar-refractivity contribution < 1.29 is 68.2 Å². The van der Waals surface area contributed by atoms with Gasteiger partial charge in [0.1, 0.15) is 42.3 Å². The number of nitro benzene ring substituents is 1. The molecule has 0 aromatic heterocycles. The van der Waals surface area contributed by atoms with E-state index in [0.29, 0.717) is 29.7 Å². The number of rotatable bonds is 32. The smallest absolute Gasteiger partial charge is 0.310 e. The molecule has 0 heterocycles. The Morgan fingerprint density at radius 1 is 0.645 bits per heavy atom. The molecule has 0 aliphatic carbocycles. The molecule has 0 aliphatic heterocycles. The third-order valence-corrected chi connectivity index (χ3v) is 11.5. The van der Waals surface area contributed by atoms with Crippen LogP contribution in [0.5, 0.6) is 5.75 Å². The molecule has 0 unspecified atom stereocenters. The molecule has 2 aromatic carbocycles. The number of hydrogen-bond acceptors (Lipinski definition) is 17. The second kappa shape index (κ2) is 31.7. The number of carbonyl (C=O) groups is 10. The van der Waals surface area contributed by atoms with E-state index in [1.807, 2.05) is 0 Å². The van der Waals surface area contributed by atoms with Crippen molar-refractivity contribution >= 4 is 70.4 Å². The van der Waals surface area contributed by atoms with Crippen LogP contribution in [0, 0.1) is 22.0 Å². The van der Waals surface area contributed by atoms with Gasteiger partial charge in [0.25, 0.3) is 5.91 Å². The van der Waals surface area contributed by atoms with E-state index in [1.165, 1.54) is 19.9 Å². The van der Waals surface area contributed by atoms with Crippen molar-refractivity contribution in [3.8, 4) is 5.75 Å². The van der Waals surface area contributed by atoms with Crippen molar-refractivity contribution in [3.05, 3.63) is 63.7 Å². The van der Waals surface area contributed by atoms with E-state index < -0.39 is 137 Å².